The Hall–Kier alpha value is -2.94. The lowest BCUT2D eigenvalue weighted by atomic mass is 9.88. The van der Waals surface area contributed by atoms with E-state index in [2.05, 4.69) is 16.0 Å². The first kappa shape index (κ1) is 24.7. The molecule has 3 aromatic rings. The Morgan fingerprint density at radius 1 is 1.25 bits per heavy atom. The van der Waals surface area contributed by atoms with Crippen molar-refractivity contribution in [3.8, 4) is 11.5 Å². The molecule has 0 N–H and O–H groups in total. The van der Waals surface area contributed by atoms with Crippen LogP contribution in [0.4, 0.5) is 4.39 Å². The number of carbonyl (C=O) groups excluding carboxylic acids is 1. The Morgan fingerprint density at radius 3 is 2.78 bits per heavy atom. The summed E-state index contributed by atoms with van der Waals surface area (Å²) >= 11 is 5.94. The Balaban J connectivity index is 1.28. The molecule has 1 unspecified atom stereocenters. The number of halogens is 2. The van der Waals surface area contributed by atoms with Gasteiger partial charge in [-0.15, -0.1) is 0 Å². The van der Waals surface area contributed by atoms with Gasteiger partial charge in [-0.05, 0) is 56.1 Å². The molecule has 9 heteroatoms. The quantitative estimate of drug-likeness (QED) is 0.388. The number of imidazole rings is 1. The number of ether oxygens (including phenoxy) is 3. The number of aldehydes is 1. The highest BCUT2D eigenvalue weighted by Crippen LogP contribution is 2.49. The third kappa shape index (κ3) is 4.73. The van der Waals surface area contributed by atoms with E-state index >= 15 is 0 Å². The zero-order chi connectivity index (χ0) is 25.3. The van der Waals surface area contributed by atoms with Crippen molar-refractivity contribution in [2.45, 2.75) is 44.6 Å². The van der Waals surface area contributed by atoms with Crippen molar-refractivity contribution in [3.05, 3.63) is 76.1 Å². The molecule has 1 atom stereocenters. The summed E-state index contributed by atoms with van der Waals surface area (Å²) in [7, 11) is 1.64. The van der Waals surface area contributed by atoms with Crippen molar-refractivity contribution >= 4 is 17.9 Å². The number of likely N-dealkylation sites (tertiary alicyclic amines) is 1. The molecule has 0 amide bonds. The van der Waals surface area contributed by atoms with E-state index in [4.69, 9.17) is 25.8 Å². The summed E-state index contributed by atoms with van der Waals surface area (Å²) < 4.78 is 34.2. The van der Waals surface area contributed by atoms with Gasteiger partial charge in [0.05, 0.1) is 24.9 Å². The number of hydrogen-bond donors (Lipinski definition) is 0. The van der Waals surface area contributed by atoms with E-state index in [0.29, 0.717) is 47.5 Å². The second-order valence-electron chi connectivity index (χ2n) is 9.36. The highest BCUT2D eigenvalue weighted by molar-refractivity contribution is 6.30. The van der Waals surface area contributed by atoms with Crippen LogP contribution in [0.5, 0.6) is 11.5 Å². The van der Waals surface area contributed by atoms with Crippen LogP contribution in [-0.4, -0.2) is 47.5 Å². The summed E-state index contributed by atoms with van der Waals surface area (Å²) in [5.74, 6) is 0.728. The summed E-state index contributed by atoms with van der Waals surface area (Å²) in [5, 5.41) is 0.325. The first-order chi connectivity index (χ1) is 17.4. The van der Waals surface area contributed by atoms with Gasteiger partial charge in [-0.3, -0.25) is 9.69 Å². The van der Waals surface area contributed by atoms with Gasteiger partial charge in [-0.1, -0.05) is 23.7 Å². The SMILES string of the molecule is COCCn1c(C=O)cnc1CN1CCC(c2cccc3c2OC(C)(c2ccc(Cl)cc2F)O3)CC1. The minimum absolute atomic E-state index is 0.288. The van der Waals surface area contributed by atoms with Crippen LogP contribution in [0, 0.1) is 5.82 Å². The maximum atomic E-state index is 14.7. The lowest BCUT2D eigenvalue weighted by Gasteiger charge is -2.32. The molecule has 2 aliphatic heterocycles. The standard InChI is InChI=1S/C27H29ClFN3O4/c1-27(22-7-6-19(28)14-23(22)29)35-24-5-3-4-21(26(24)36-27)18-8-10-31(11-9-18)16-25-30-15-20(17-33)32(25)12-13-34-2/h3-7,14-15,17-18H,8-13,16H2,1-2H3. The molecule has 2 aromatic carbocycles. The second kappa shape index (κ2) is 10.2. The van der Waals surface area contributed by atoms with Crippen LogP contribution in [-0.2, 0) is 23.6 Å². The number of aromatic nitrogens is 2. The van der Waals surface area contributed by atoms with Crippen LogP contribution in [0.25, 0.3) is 0 Å². The van der Waals surface area contributed by atoms with Crippen LogP contribution in [0.1, 0.15) is 53.1 Å². The van der Waals surface area contributed by atoms with Crippen molar-refractivity contribution < 1.29 is 23.4 Å². The molecule has 0 bridgehead atoms. The molecule has 2 aliphatic rings. The molecular formula is C27H29ClFN3O4. The minimum Gasteiger partial charge on any atom is -0.444 e. The monoisotopic (exact) mass is 513 g/mol. The first-order valence-electron chi connectivity index (χ1n) is 12.1. The van der Waals surface area contributed by atoms with Gasteiger partial charge in [-0.2, -0.15) is 0 Å². The maximum absolute atomic E-state index is 14.7. The average molecular weight is 514 g/mol. The van der Waals surface area contributed by atoms with E-state index in [0.717, 1.165) is 43.6 Å². The van der Waals surface area contributed by atoms with E-state index in [1.165, 1.54) is 6.07 Å². The summed E-state index contributed by atoms with van der Waals surface area (Å²) in [4.78, 5) is 18.2. The van der Waals surface area contributed by atoms with Gasteiger partial charge in [-0.25, -0.2) is 9.37 Å². The number of methoxy groups -OCH3 is 1. The van der Waals surface area contributed by atoms with Crippen molar-refractivity contribution in [1.82, 2.24) is 14.5 Å². The van der Waals surface area contributed by atoms with Crippen molar-refractivity contribution in [1.29, 1.82) is 0 Å². The van der Waals surface area contributed by atoms with Gasteiger partial charge >= 0.3 is 0 Å². The molecule has 0 saturated carbocycles. The van der Waals surface area contributed by atoms with Crippen LogP contribution in [0.2, 0.25) is 5.02 Å². The fourth-order valence-corrected chi connectivity index (χ4v) is 5.29. The molecule has 0 aliphatic carbocycles. The Morgan fingerprint density at radius 2 is 2.06 bits per heavy atom. The van der Waals surface area contributed by atoms with Gasteiger partial charge in [0.2, 0.25) is 0 Å². The third-order valence-corrected chi connectivity index (χ3v) is 7.27. The van der Waals surface area contributed by atoms with Crippen molar-refractivity contribution in [2.24, 2.45) is 0 Å². The lowest BCUT2D eigenvalue weighted by Crippen LogP contribution is -2.34. The number of fused-ring (bicyclic) bond motifs is 1. The molecule has 190 valence electrons. The topological polar surface area (TPSA) is 65.8 Å². The first-order valence-corrected chi connectivity index (χ1v) is 12.5. The number of carbonyl (C=O) groups is 1. The normalized spacial score (nSPS) is 20.1. The van der Waals surface area contributed by atoms with Crippen LogP contribution in [0.15, 0.2) is 42.6 Å². The molecule has 1 fully saturated rings. The number of para-hydroxylation sites is 1. The minimum atomic E-state index is -1.26. The highest BCUT2D eigenvalue weighted by atomic mass is 35.5. The lowest BCUT2D eigenvalue weighted by molar-refractivity contribution is -0.0712. The molecule has 36 heavy (non-hydrogen) atoms. The number of benzene rings is 2. The van der Waals surface area contributed by atoms with Gasteiger partial charge in [0.15, 0.2) is 17.8 Å². The highest BCUT2D eigenvalue weighted by Gasteiger charge is 2.42. The summed E-state index contributed by atoms with van der Waals surface area (Å²) in [6.07, 6.45) is 4.33. The molecule has 0 spiro atoms. The fraction of sp³-hybridized carbons (Fsp3) is 0.407. The molecule has 1 aromatic heterocycles. The van der Waals surface area contributed by atoms with Gasteiger partial charge in [0, 0.05) is 31.2 Å². The molecule has 1 saturated heterocycles. The van der Waals surface area contributed by atoms with E-state index < -0.39 is 11.6 Å². The molecule has 5 rings (SSSR count). The molecular weight excluding hydrogens is 485 g/mol. The number of rotatable bonds is 8. The van der Waals surface area contributed by atoms with Crippen LogP contribution in [0.3, 0.4) is 0 Å². The van der Waals surface area contributed by atoms with E-state index in [1.54, 1.807) is 32.4 Å². The number of piperidine rings is 1. The summed E-state index contributed by atoms with van der Waals surface area (Å²) in [6.45, 7) is 5.27. The summed E-state index contributed by atoms with van der Waals surface area (Å²) in [5.41, 5.74) is 1.95. The Bertz CT molecular complexity index is 1260. The van der Waals surface area contributed by atoms with Gasteiger partial charge in [0.1, 0.15) is 17.3 Å². The third-order valence-electron chi connectivity index (χ3n) is 7.03. The fourth-order valence-electron chi connectivity index (χ4n) is 5.13. The van der Waals surface area contributed by atoms with E-state index in [-0.39, 0.29) is 5.92 Å². The smallest absolute Gasteiger partial charge is 0.278 e. The average Bonchev–Trinajstić information content (AvgIpc) is 3.42. The summed E-state index contributed by atoms with van der Waals surface area (Å²) in [6, 6.07) is 10.4. The van der Waals surface area contributed by atoms with Crippen LogP contribution >= 0.6 is 11.6 Å². The second-order valence-corrected chi connectivity index (χ2v) is 9.80. The zero-order valence-electron chi connectivity index (χ0n) is 20.4. The number of nitrogens with zero attached hydrogens (tertiary/aromatic N) is 3. The number of hydrogen-bond acceptors (Lipinski definition) is 6. The maximum Gasteiger partial charge on any atom is 0.278 e. The van der Waals surface area contributed by atoms with Crippen molar-refractivity contribution in [2.75, 3.05) is 26.8 Å². The molecule has 7 nitrogen and oxygen atoms in total. The van der Waals surface area contributed by atoms with Crippen LogP contribution < -0.4 is 9.47 Å². The molecule has 0 radical (unpaired) electrons. The predicted molar refractivity (Wildman–Crippen MR) is 133 cm³/mol. The molecule has 3 heterocycles. The van der Waals surface area contributed by atoms with Gasteiger partial charge < -0.3 is 18.8 Å². The Labute approximate surface area is 214 Å². The van der Waals surface area contributed by atoms with Crippen molar-refractivity contribution in [3.63, 3.8) is 0 Å². The van der Waals surface area contributed by atoms with E-state index in [1.807, 2.05) is 16.7 Å². The van der Waals surface area contributed by atoms with Gasteiger partial charge in [0.25, 0.3) is 5.79 Å². The largest absolute Gasteiger partial charge is 0.444 e. The van der Waals surface area contributed by atoms with E-state index in [9.17, 15) is 9.18 Å². The zero-order valence-corrected chi connectivity index (χ0v) is 21.1. The Kier molecular flexibility index (Phi) is 7.01. The predicted octanol–water partition coefficient (Wildman–Crippen LogP) is 5.16.